The smallest absolute Gasteiger partial charge is 0.240 e. The normalized spacial score (nSPS) is 16.6. The maximum Gasteiger partial charge on any atom is 0.240 e. The molecule has 0 radical (unpaired) electrons. The summed E-state index contributed by atoms with van der Waals surface area (Å²) in [7, 11) is -3.54. The van der Waals surface area contributed by atoms with Gasteiger partial charge in [0.2, 0.25) is 10.0 Å². The van der Waals surface area contributed by atoms with E-state index in [1.807, 2.05) is 27.7 Å². The molecule has 1 aromatic carbocycles. The molecule has 0 heterocycles. The molecule has 0 spiro atoms. The third-order valence-electron chi connectivity index (χ3n) is 3.78. The van der Waals surface area contributed by atoms with E-state index in [0.717, 1.165) is 6.42 Å². The average Bonchev–Trinajstić information content (AvgIpc) is 2.45. The lowest BCUT2D eigenvalue weighted by molar-refractivity contribution is 0.173. The van der Waals surface area contributed by atoms with Crippen LogP contribution in [0.15, 0.2) is 29.2 Å². The molecule has 1 rings (SSSR count). The molecule has 20 heavy (non-hydrogen) atoms. The van der Waals surface area contributed by atoms with Gasteiger partial charge in [0.15, 0.2) is 0 Å². The van der Waals surface area contributed by atoms with Crippen molar-refractivity contribution in [2.75, 3.05) is 0 Å². The molecule has 0 aromatic heterocycles. The van der Waals surface area contributed by atoms with Gasteiger partial charge in [-0.05, 0) is 37.0 Å². The fourth-order valence-electron chi connectivity index (χ4n) is 1.91. The van der Waals surface area contributed by atoms with E-state index in [0.29, 0.717) is 12.0 Å². The molecule has 0 aliphatic rings. The fraction of sp³-hybridized carbons (Fsp3) is 0.600. The van der Waals surface area contributed by atoms with E-state index in [2.05, 4.69) is 4.72 Å². The summed E-state index contributed by atoms with van der Waals surface area (Å²) in [6.45, 7) is 7.78. The molecule has 114 valence electrons. The van der Waals surface area contributed by atoms with Gasteiger partial charge in [0.05, 0.1) is 11.0 Å². The van der Waals surface area contributed by atoms with Gasteiger partial charge in [0.25, 0.3) is 0 Å². The Morgan fingerprint density at radius 2 is 1.85 bits per heavy atom. The molecule has 0 saturated heterocycles. The Morgan fingerprint density at radius 1 is 1.20 bits per heavy atom. The van der Waals surface area contributed by atoms with Gasteiger partial charge in [-0.1, -0.05) is 39.3 Å². The van der Waals surface area contributed by atoms with Gasteiger partial charge in [-0.3, -0.25) is 0 Å². The number of hydrogen-bond acceptors (Lipinski definition) is 3. The van der Waals surface area contributed by atoms with Crippen LogP contribution in [0.25, 0.3) is 0 Å². The first-order valence-electron chi connectivity index (χ1n) is 7.12. The minimum Gasteiger partial charge on any atom is -0.388 e. The van der Waals surface area contributed by atoms with E-state index in [1.54, 1.807) is 24.3 Å². The lowest BCUT2D eigenvalue weighted by Gasteiger charge is -2.20. The number of aliphatic hydroxyl groups excluding tert-OH is 1. The zero-order chi connectivity index (χ0) is 15.3. The van der Waals surface area contributed by atoms with Crippen LogP contribution in [-0.4, -0.2) is 19.6 Å². The highest BCUT2D eigenvalue weighted by Gasteiger charge is 2.21. The van der Waals surface area contributed by atoms with Crippen molar-refractivity contribution in [1.29, 1.82) is 0 Å². The minimum absolute atomic E-state index is 0.121. The Labute approximate surface area is 122 Å². The molecule has 0 aliphatic heterocycles. The largest absolute Gasteiger partial charge is 0.388 e. The quantitative estimate of drug-likeness (QED) is 0.813. The van der Waals surface area contributed by atoms with E-state index in [-0.39, 0.29) is 16.9 Å². The number of rotatable bonds is 7. The zero-order valence-corrected chi connectivity index (χ0v) is 13.4. The molecule has 5 heteroatoms. The zero-order valence-electron chi connectivity index (χ0n) is 12.6. The molecule has 0 aliphatic carbocycles. The first kappa shape index (κ1) is 17.1. The Kier molecular flexibility index (Phi) is 6.17. The van der Waals surface area contributed by atoms with Crippen LogP contribution in [0, 0.1) is 5.92 Å². The number of aliphatic hydroxyl groups is 1. The van der Waals surface area contributed by atoms with Gasteiger partial charge in [-0.25, -0.2) is 13.1 Å². The summed E-state index contributed by atoms with van der Waals surface area (Å²) in [6, 6.07) is 6.38. The molecule has 4 nitrogen and oxygen atoms in total. The summed E-state index contributed by atoms with van der Waals surface area (Å²) in [5, 5.41) is 9.81. The van der Waals surface area contributed by atoms with Crippen molar-refractivity contribution in [3.8, 4) is 0 Å². The van der Waals surface area contributed by atoms with Crippen molar-refractivity contribution >= 4 is 10.0 Å². The van der Waals surface area contributed by atoms with Gasteiger partial charge in [0, 0.05) is 6.04 Å². The summed E-state index contributed by atoms with van der Waals surface area (Å²) in [5.41, 5.74) is 0.631. The second-order valence-electron chi connectivity index (χ2n) is 5.29. The first-order valence-corrected chi connectivity index (χ1v) is 8.60. The Balaban J connectivity index is 2.98. The lowest BCUT2D eigenvalue weighted by atomic mass is 10.0. The lowest BCUT2D eigenvalue weighted by Crippen LogP contribution is -2.36. The van der Waals surface area contributed by atoms with E-state index < -0.39 is 16.1 Å². The molecule has 3 unspecified atom stereocenters. The minimum atomic E-state index is -3.54. The third kappa shape index (κ3) is 4.30. The topological polar surface area (TPSA) is 66.4 Å². The van der Waals surface area contributed by atoms with Crippen molar-refractivity contribution in [2.24, 2.45) is 5.92 Å². The Morgan fingerprint density at radius 3 is 2.40 bits per heavy atom. The average molecular weight is 299 g/mol. The summed E-state index contributed by atoms with van der Waals surface area (Å²) < 4.78 is 27.4. The first-order chi connectivity index (χ1) is 9.31. The summed E-state index contributed by atoms with van der Waals surface area (Å²) in [6.07, 6.45) is 0.843. The van der Waals surface area contributed by atoms with E-state index in [9.17, 15) is 13.5 Å². The van der Waals surface area contributed by atoms with Crippen molar-refractivity contribution in [2.45, 2.75) is 57.6 Å². The summed E-state index contributed by atoms with van der Waals surface area (Å²) >= 11 is 0. The predicted molar refractivity (Wildman–Crippen MR) is 80.9 cm³/mol. The highest BCUT2D eigenvalue weighted by Crippen LogP contribution is 2.20. The van der Waals surface area contributed by atoms with E-state index in [4.69, 9.17) is 0 Å². The SMILES string of the molecule is CCC(O)c1cccc(S(=O)(=O)NC(C)C(C)CC)c1. The van der Waals surface area contributed by atoms with Crippen LogP contribution in [-0.2, 0) is 10.0 Å². The Hall–Kier alpha value is -0.910. The maximum absolute atomic E-state index is 12.3. The molecular formula is C15H25NO3S. The fourth-order valence-corrected chi connectivity index (χ4v) is 3.31. The van der Waals surface area contributed by atoms with Gasteiger partial charge >= 0.3 is 0 Å². The predicted octanol–water partition coefficient (Wildman–Crippen LogP) is 2.84. The van der Waals surface area contributed by atoms with Crippen molar-refractivity contribution in [1.82, 2.24) is 4.72 Å². The monoisotopic (exact) mass is 299 g/mol. The van der Waals surface area contributed by atoms with Gasteiger partial charge < -0.3 is 5.11 Å². The van der Waals surface area contributed by atoms with E-state index >= 15 is 0 Å². The second-order valence-corrected chi connectivity index (χ2v) is 7.01. The number of nitrogens with one attached hydrogen (secondary N) is 1. The number of hydrogen-bond donors (Lipinski definition) is 2. The summed E-state index contributed by atoms with van der Waals surface area (Å²) in [5.74, 6) is 0.272. The molecular weight excluding hydrogens is 274 g/mol. The van der Waals surface area contributed by atoms with Gasteiger partial charge in [0.1, 0.15) is 0 Å². The van der Waals surface area contributed by atoms with Crippen LogP contribution in [0.3, 0.4) is 0 Å². The van der Waals surface area contributed by atoms with Crippen LogP contribution >= 0.6 is 0 Å². The molecule has 0 amide bonds. The number of benzene rings is 1. The third-order valence-corrected chi connectivity index (χ3v) is 5.34. The van der Waals surface area contributed by atoms with Gasteiger partial charge in [-0.15, -0.1) is 0 Å². The molecule has 3 atom stereocenters. The van der Waals surface area contributed by atoms with Crippen LogP contribution in [0.2, 0.25) is 0 Å². The van der Waals surface area contributed by atoms with Crippen LogP contribution in [0.4, 0.5) is 0 Å². The maximum atomic E-state index is 12.3. The van der Waals surface area contributed by atoms with Crippen molar-refractivity contribution in [3.63, 3.8) is 0 Å². The van der Waals surface area contributed by atoms with Gasteiger partial charge in [-0.2, -0.15) is 0 Å². The summed E-state index contributed by atoms with van der Waals surface area (Å²) in [4.78, 5) is 0.206. The second kappa shape index (κ2) is 7.20. The van der Waals surface area contributed by atoms with Crippen molar-refractivity contribution in [3.05, 3.63) is 29.8 Å². The highest BCUT2D eigenvalue weighted by molar-refractivity contribution is 7.89. The standard InChI is InChI=1S/C15H25NO3S/c1-5-11(3)12(4)16-20(18,19)14-9-7-8-13(10-14)15(17)6-2/h7-12,15-17H,5-6H2,1-4H3. The Bertz CT molecular complexity index is 528. The molecule has 0 fully saturated rings. The van der Waals surface area contributed by atoms with Crippen LogP contribution in [0.1, 0.15) is 52.2 Å². The molecule has 1 aromatic rings. The highest BCUT2D eigenvalue weighted by atomic mass is 32.2. The molecule has 0 saturated carbocycles. The molecule has 0 bridgehead atoms. The van der Waals surface area contributed by atoms with Crippen LogP contribution in [0.5, 0.6) is 0 Å². The van der Waals surface area contributed by atoms with Crippen molar-refractivity contribution < 1.29 is 13.5 Å². The number of sulfonamides is 1. The van der Waals surface area contributed by atoms with Crippen LogP contribution < -0.4 is 4.72 Å². The van der Waals surface area contributed by atoms with E-state index in [1.165, 1.54) is 0 Å². The molecule has 2 N–H and O–H groups in total.